The van der Waals surface area contributed by atoms with Gasteiger partial charge in [-0.3, -0.25) is 0 Å². The predicted octanol–water partition coefficient (Wildman–Crippen LogP) is 4.09. The zero-order chi connectivity index (χ0) is 16.8. The molecule has 0 N–H and O–H groups in total. The Bertz CT molecular complexity index is 755. The smallest absolute Gasteiger partial charge is 0.203 e. The fourth-order valence-electron chi connectivity index (χ4n) is 2.31. The third-order valence-corrected chi connectivity index (χ3v) is 3.52. The van der Waals surface area contributed by atoms with E-state index in [2.05, 4.69) is 6.07 Å². The lowest BCUT2D eigenvalue weighted by atomic mass is 10.0. The van der Waals surface area contributed by atoms with Crippen LogP contribution in [0.3, 0.4) is 0 Å². The molecule has 0 atom stereocenters. The Morgan fingerprint density at radius 2 is 1.57 bits per heavy atom. The maximum atomic E-state index is 9.49. The summed E-state index contributed by atoms with van der Waals surface area (Å²) < 4.78 is 16.1. The molecule has 0 aromatic heterocycles. The minimum atomic E-state index is 0.505. The summed E-state index contributed by atoms with van der Waals surface area (Å²) in [4.78, 5) is 0. The second-order valence-corrected chi connectivity index (χ2v) is 4.96. The second kappa shape index (κ2) is 7.37. The van der Waals surface area contributed by atoms with Gasteiger partial charge in [-0.25, -0.2) is 0 Å². The summed E-state index contributed by atoms with van der Waals surface area (Å²) >= 11 is 0. The fourth-order valence-corrected chi connectivity index (χ4v) is 2.31. The van der Waals surface area contributed by atoms with Crippen LogP contribution in [-0.4, -0.2) is 21.3 Å². The quantitative estimate of drug-likeness (QED) is 0.617. The Balaban J connectivity index is 2.56. The average Bonchev–Trinajstić information content (AvgIpc) is 2.59. The van der Waals surface area contributed by atoms with Crippen molar-refractivity contribution in [1.29, 1.82) is 5.26 Å². The molecule has 0 aliphatic heterocycles. The van der Waals surface area contributed by atoms with Crippen LogP contribution >= 0.6 is 0 Å². The molecule has 0 aliphatic rings. The molecule has 2 aromatic rings. The van der Waals surface area contributed by atoms with E-state index in [0.29, 0.717) is 22.8 Å². The Labute approximate surface area is 136 Å². The van der Waals surface area contributed by atoms with Gasteiger partial charge in [0, 0.05) is 5.56 Å². The molecule has 4 nitrogen and oxygen atoms in total. The van der Waals surface area contributed by atoms with Gasteiger partial charge in [0.05, 0.1) is 33.0 Å². The molecular weight excluding hydrogens is 290 g/mol. The lowest BCUT2D eigenvalue weighted by Crippen LogP contribution is -1.97. The highest BCUT2D eigenvalue weighted by atomic mass is 16.5. The van der Waals surface area contributed by atoms with E-state index >= 15 is 0 Å². The van der Waals surface area contributed by atoms with Crippen LogP contribution in [0.5, 0.6) is 17.2 Å². The first-order chi connectivity index (χ1) is 11.1. The minimum Gasteiger partial charge on any atom is -0.493 e. The van der Waals surface area contributed by atoms with Gasteiger partial charge in [0.25, 0.3) is 0 Å². The van der Waals surface area contributed by atoms with Crippen molar-refractivity contribution >= 4 is 11.6 Å². The number of nitrogens with zero attached hydrogens (tertiary/aromatic N) is 1. The van der Waals surface area contributed by atoms with Crippen LogP contribution in [0.15, 0.2) is 36.4 Å². The number of allylic oxidation sites excluding steroid dienone is 1. The maximum Gasteiger partial charge on any atom is 0.203 e. The molecule has 4 heteroatoms. The van der Waals surface area contributed by atoms with E-state index < -0.39 is 0 Å². The van der Waals surface area contributed by atoms with Crippen LogP contribution in [-0.2, 0) is 0 Å². The summed E-state index contributed by atoms with van der Waals surface area (Å²) in [7, 11) is 4.69. The van der Waals surface area contributed by atoms with E-state index in [4.69, 9.17) is 14.2 Å². The number of aryl methyl sites for hydroxylation is 1. The van der Waals surface area contributed by atoms with Crippen molar-refractivity contribution in [2.45, 2.75) is 6.92 Å². The number of benzene rings is 2. The predicted molar refractivity (Wildman–Crippen MR) is 90.8 cm³/mol. The molecule has 23 heavy (non-hydrogen) atoms. The largest absolute Gasteiger partial charge is 0.493 e. The van der Waals surface area contributed by atoms with Crippen molar-refractivity contribution in [3.63, 3.8) is 0 Å². The Morgan fingerprint density at radius 1 is 0.913 bits per heavy atom. The van der Waals surface area contributed by atoms with Crippen LogP contribution in [0.25, 0.3) is 11.6 Å². The summed E-state index contributed by atoms with van der Waals surface area (Å²) in [5.41, 5.74) is 3.31. The standard InChI is InChI=1S/C19H19NO3/c1-13-5-7-14(8-6-13)16(12-20)11-15-9-10-17(21-2)19(23-4)18(15)22-3/h5-11H,1-4H3. The number of hydrogen-bond donors (Lipinski definition) is 0. The van der Waals surface area contributed by atoms with Gasteiger partial charge in [0.2, 0.25) is 5.75 Å². The monoisotopic (exact) mass is 309 g/mol. The van der Waals surface area contributed by atoms with Gasteiger partial charge in [-0.2, -0.15) is 5.26 Å². The van der Waals surface area contributed by atoms with Gasteiger partial charge in [0.1, 0.15) is 0 Å². The first-order valence-electron chi connectivity index (χ1n) is 7.12. The number of methoxy groups -OCH3 is 3. The van der Waals surface area contributed by atoms with Crippen LogP contribution in [0.2, 0.25) is 0 Å². The highest BCUT2D eigenvalue weighted by Crippen LogP contribution is 2.41. The van der Waals surface area contributed by atoms with Gasteiger partial charge in [-0.15, -0.1) is 0 Å². The molecule has 0 heterocycles. The molecule has 2 aromatic carbocycles. The molecule has 0 bridgehead atoms. The third-order valence-electron chi connectivity index (χ3n) is 3.52. The molecule has 0 radical (unpaired) electrons. The maximum absolute atomic E-state index is 9.49. The minimum absolute atomic E-state index is 0.505. The van der Waals surface area contributed by atoms with E-state index in [-0.39, 0.29) is 0 Å². The third kappa shape index (κ3) is 3.46. The Hall–Kier alpha value is -2.93. The molecule has 0 aliphatic carbocycles. The van der Waals surface area contributed by atoms with Gasteiger partial charge < -0.3 is 14.2 Å². The van der Waals surface area contributed by atoms with E-state index in [9.17, 15) is 5.26 Å². The molecule has 0 saturated carbocycles. The summed E-state index contributed by atoms with van der Waals surface area (Å²) in [6, 6.07) is 13.7. The van der Waals surface area contributed by atoms with Crippen LogP contribution < -0.4 is 14.2 Å². The second-order valence-electron chi connectivity index (χ2n) is 4.96. The number of nitriles is 1. The van der Waals surface area contributed by atoms with E-state index in [1.54, 1.807) is 33.5 Å². The van der Waals surface area contributed by atoms with Crippen molar-refractivity contribution in [2.75, 3.05) is 21.3 Å². The van der Waals surface area contributed by atoms with Gasteiger partial charge in [-0.1, -0.05) is 29.8 Å². The number of rotatable bonds is 5. The lowest BCUT2D eigenvalue weighted by Gasteiger charge is -2.14. The van der Waals surface area contributed by atoms with Gasteiger partial charge in [0.15, 0.2) is 11.5 Å². The van der Waals surface area contributed by atoms with Crippen molar-refractivity contribution in [3.05, 3.63) is 53.1 Å². The summed E-state index contributed by atoms with van der Waals surface area (Å²) in [5, 5.41) is 9.49. The van der Waals surface area contributed by atoms with E-state index in [1.807, 2.05) is 37.3 Å². The molecule has 0 fully saturated rings. The average molecular weight is 309 g/mol. The van der Waals surface area contributed by atoms with Crippen molar-refractivity contribution in [2.24, 2.45) is 0 Å². The topological polar surface area (TPSA) is 51.5 Å². The first-order valence-corrected chi connectivity index (χ1v) is 7.12. The first kappa shape index (κ1) is 16.4. The molecule has 0 unspecified atom stereocenters. The van der Waals surface area contributed by atoms with Gasteiger partial charge >= 0.3 is 0 Å². The van der Waals surface area contributed by atoms with E-state index in [1.165, 1.54) is 0 Å². The Morgan fingerprint density at radius 3 is 2.09 bits per heavy atom. The molecule has 2 rings (SSSR count). The molecular formula is C19H19NO3. The zero-order valence-corrected chi connectivity index (χ0v) is 13.7. The highest BCUT2D eigenvalue weighted by molar-refractivity contribution is 5.91. The zero-order valence-electron chi connectivity index (χ0n) is 13.7. The fraction of sp³-hybridized carbons (Fsp3) is 0.211. The molecule has 0 spiro atoms. The molecule has 0 amide bonds. The number of hydrogen-bond acceptors (Lipinski definition) is 4. The van der Waals surface area contributed by atoms with Crippen LogP contribution in [0, 0.1) is 18.3 Å². The van der Waals surface area contributed by atoms with Crippen LogP contribution in [0.1, 0.15) is 16.7 Å². The highest BCUT2D eigenvalue weighted by Gasteiger charge is 2.15. The van der Waals surface area contributed by atoms with Crippen molar-refractivity contribution in [3.8, 4) is 23.3 Å². The van der Waals surface area contributed by atoms with Crippen LogP contribution in [0.4, 0.5) is 0 Å². The SMILES string of the molecule is COc1ccc(C=C(C#N)c2ccc(C)cc2)c(OC)c1OC. The normalized spacial score (nSPS) is 10.8. The van der Waals surface area contributed by atoms with Crippen molar-refractivity contribution in [1.82, 2.24) is 0 Å². The molecule has 0 saturated heterocycles. The van der Waals surface area contributed by atoms with Crippen molar-refractivity contribution < 1.29 is 14.2 Å². The number of ether oxygens (including phenoxy) is 3. The lowest BCUT2D eigenvalue weighted by molar-refractivity contribution is 0.324. The van der Waals surface area contributed by atoms with E-state index in [0.717, 1.165) is 16.7 Å². The summed E-state index contributed by atoms with van der Waals surface area (Å²) in [6.07, 6.45) is 1.78. The Kier molecular flexibility index (Phi) is 5.27. The molecule has 118 valence electrons. The summed E-state index contributed by atoms with van der Waals surface area (Å²) in [6.45, 7) is 2.01. The van der Waals surface area contributed by atoms with Gasteiger partial charge in [-0.05, 0) is 30.7 Å². The summed E-state index contributed by atoms with van der Waals surface area (Å²) in [5.74, 6) is 1.62.